The molecule has 1 aromatic carbocycles. The molecule has 0 aliphatic heterocycles. The number of methoxy groups -OCH3 is 1. The average molecular weight is 334 g/mol. The number of nitrogens with zero attached hydrogens (tertiary/aromatic N) is 1. The number of ether oxygens (including phenoxy) is 1. The van der Waals surface area contributed by atoms with Crippen LogP contribution in [0.5, 0.6) is 0 Å². The molecule has 1 N–H and O–H groups in total. The van der Waals surface area contributed by atoms with Gasteiger partial charge in [0.1, 0.15) is 0 Å². The maximum absolute atomic E-state index is 11.7. The normalized spacial score (nSPS) is 10.7. The lowest BCUT2D eigenvalue weighted by Crippen LogP contribution is -2.25. The van der Waals surface area contributed by atoms with Gasteiger partial charge in [-0.2, -0.15) is 0 Å². The molecule has 6 heteroatoms. The van der Waals surface area contributed by atoms with Gasteiger partial charge in [-0.25, -0.2) is 0 Å². The number of fused-ring (bicyclic) bond motifs is 1. The van der Waals surface area contributed by atoms with Gasteiger partial charge < -0.3 is 14.6 Å². The summed E-state index contributed by atoms with van der Waals surface area (Å²) >= 11 is 1.41. The Hall–Kier alpha value is -1.95. The molecule has 0 atom stereocenters. The molecule has 1 heterocycles. The third-order valence-electron chi connectivity index (χ3n) is 3.50. The Morgan fingerprint density at radius 1 is 1.26 bits per heavy atom. The van der Waals surface area contributed by atoms with Crippen LogP contribution >= 0.6 is 11.8 Å². The number of para-hydroxylation sites is 1. The molecule has 1 aromatic heterocycles. The summed E-state index contributed by atoms with van der Waals surface area (Å²) < 4.78 is 6.74. The number of hydrogen-bond acceptors (Lipinski definition) is 4. The second-order valence-electron chi connectivity index (χ2n) is 5.15. The van der Waals surface area contributed by atoms with Gasteiger partial charge in [0.2, 0.25) is 5.91 Å². The first kappa shape index (κ1) is 17.4. The molecule has 2 aromatic rings. The highest BCUT2D eigenvalue weighted by molar-refractivity contribution is 7.99. The van der Waals surface area contributed by atoms with Crippen molar-refractivity contribution >= 4 is 34.5 Å². The molecule has 2 rings (SSSR count). The second kappa shape index (κ2) is 9.25. The second-order valence-corrected chi connectivity index (χ2v) is 6.26. The van der Waals surface area contributed by atoms with Crippen molar-refractivity contribution in [3.8, 4) is 0 Å². The van der Waals surface area contributed by atoms with Crippen LogP contribution in [0.15, 0.2) is 36.5 Å². The van der Waals surface area contributed by atoms with Crippen LogP contribution in [-0.4, -0.2) is 41.6 Å². The van der Waals surface area contributed by atoms with Crippen LogP contribution in [0.4, 0.5) is 0 Å². The van der Waals surface area contributed by atoms with E-state index in [9.17, 15) is 9.59 Å². The monoisotopic (exact) mass is 334 g/mol. The van der Waals surface area contributed by atoms with Gasteiger partial charge in [-0.1, -0.05) is 18.2 Å². The number of rotatable bonds is 9. The van der Waals surface area contributed by atoms with Crippen molar-refractivity contribution in [3.05, 3.63) is 36.5 Å². The largest absolute Gasteiger partial charge is 0.468 e. The minimum Gasteiger partial charge on any atom is -0.468 e. The van der Waals surface area contributed by atoms with Crippen molar-refractivity contribution in [2.45, 2.75) is 19.4 Å². The molecule has 0 unspecified atom stereocenters. The topological polar surface area (TPSA) is 60.3 Å². The van der Waals surface area contributed by atoms with Crippen LogP contribution in [0.25, 0.3) is 10.9 Å². The third kappa shape index (κ3) is 5.63. The fourth-order valence-electron chi connectivity index (χ4n) is 2.28. The first-order valence-corrected chi connectivity index (χ1v) is 8.81. The first-order valence-electron chi connectivity index (χ1n) is 7.66. The molecule has 1 amide bonds. The smallest absolute Gasteiger partial charge is 0.315 e. The SMILES string of the molecule is COC(=O)CSCCC(=O)NCCCn1ccc2ccccc21. The summed E-state index contributed by atoms with van der Waals surface area (Å²) in [6, 6.07) is 10.4. The number of nitrogens with one attached hydrogen (secondary N) is 1. The Labute approximate surface area is 140 Å². The molecule has 23 heavy (non-hydrogen) atoms. The van der Waals surface area contributed by atoms with E-state index in [0.29, 0.717) is 24.5 Å². The average Bonchev–Trinajstić information content (AvgIpc) is 2.98. The van der Waals surface area contributed by atoms with Crippen molar-refractivity contribution in [1.82, 2.24) is 9.88 Å². The first-order chi connectivity index (χ1) is 11.2. The number of thioether (sulfide) groups is 1. The summed E-state index contributed by atoms with van der Waals surface area (Å²) in [5.74, 6) is 0.697. The highest BCUT2D eigenvalue weighted by Crippen LogP contribution is 2.15. The van der Waals surface area contributed by atoms with Crippen molar-refractivity contribution in [3.63, 3.8) is 0 Å². The minimum absolute atomic E-state index is 0.0275. The van der Waals surface area contributed by atoms with Gasteiger partial charge in [-0.05, 0) is 23.9 Å². The van der Waals surface area contributed by atoms with E-state index in [1.807, 2.05) is 12.1 Å². The van der Waals surface area contributed by atoms with Gasteiger partial charge in [0, 0.05) is 37.0 Å². The zero-order valence-corrected chi connectivity index (χ0v) is 14.1. The predicted molar refractivity (Wildman–Crippen MR) is 93.5 cm³/mol. The van der Waals surface area contributed by atoms with Gasteiger partial charge in [0.25, 0.3) is 0 Å². The number of esters is 1. The van der Waals surface area contributed by atoms with Crippen LogP contribution in [0.3, 0.4) is 0 Å². The molecule has 0 spiro atoms. The van der Waals surface area contributed by atoms with Crippen LogP contribution < -0.4 is 5.32 Å². The number of amides is 1. The van der Waals surface area contributed by atoms with Crippen molar-refractivity contribution in [2.75, 3.05) is 25.2 Å². The zero-order valence-electron chi connectivity index (χ0n) is 13.3. The molecule has 0 fully saturated rings. The summed E-state index contributed by atoms with van der Waals surface area (Å²) in [6.45, 7) is 1.54. The number of carbonyl (C=O) groups is 2. The molecule has 0 saturated heterocycles. The molecule has 124 valence electrons. The highest BCUT2D eigenvalue weighted by Gasteiger charge is 2.04. The lowest BCUT2D eigenvalue weighted by molar-refractivity contribution is -0.137. The van der Waals surface area contributed by atoms with Gasteiger partial charge in [0.15, 0.2) is 0 Å². The Morgan fingerprint density at radius 2 is 2.09 bits per heavy atom. The maximum Gasteiger partial charge on any atom is 0.315 e. The van der Waals surface area contributed by atoms with E-state index < -0.39 is 0 Å². The van der Waals surface area contributed by atoms with E-state index in [4.69, 9.17) is 0 Å². The lowest BCUT2D eigenvalue weighted by atomic mass is 10.2. The molecule has 5 nitrogen and oxygen atoms in total. The third-order valence-corrected chi connectivity index (χ3v) is 4.43. The fourth-order valence-corrected chi connectivity index (χ4v) is 3.04. The number of benzene rings is 1. The number of aryl methyl sites for hydroxylation is 1. The molecule has 0 radical (unpaired) electrons. The molecule has 0 aliphatic carbocycles. The van der Waals surface area contributed by atoms with Gasteiger partial charge >= 0.3 is 5.97 Å². The molecule has 0 aliphatic rings. The maximum atomic E-state index is 11.7. The minimum atomic E-state index is -0.255. The van der Waals surface area contributed by atoms with E-state index in [2.05, 4.69) is 39.0 Å². The van der Waals surface area contributed by atoms with E-state index >= 15 is 0 Å². The standard InChI is InChI=1S/C17H22N2O3S/c1-22-17(21)13-23-12-8-16(20)18-9-4-10-19-11-7-14-5-2-3-6-15(14)19/h2-3,5-7,11H,4,8-10,12-13H2,1H3,(H,18,20). The Bertz CT molecular complexity index is 654. The predicted octanol–water partition coefficient (Wildman–Crippen LogP) is 2.44. The van der Waals surface area contributed by atoms with E-state index in [1.54, 1.807) is 0 Å². The molecule has 0 saturated carbocycles. The van der Waals surface area contributed by atoms with Crippen LogP contribution in [-0.2, 0) is 20.9 Å². The number of aromatic nitrogens is 1. The summed E-state index contributed by atoms with van der Waals surface area (Å²) in [4.78, 5) is 22.6. The Kier molecular flexibility index (Phi) is 7.00. The van der Waals surface area contributed by atoms with Crippen LogP contribution in [0.1, 0.15) is 12.8 Å². The fraction of sp³-hybridized carbons (Fsp3) is 0.412. The van der Waals surface area contributed by atoms with E-state index in [0.717, 1.165) is 13.0 Å². The molecular formula is C17H22N2O3S. The van der Waals surface area contributed by atoms with E-state index in [-0.39, 0.29) is 11.9 Å². The lowest BCUT2D eigenvalue weighted by Gasteiger charge is -2.07. The Balaban J connectivity index is 1.60. The van der Waals surface area contributed by atoms with Gasteiger partial charge in [0.05, 0.1) is 12.9 Å². The highest BCUT2D eigenvalue weighted by atomic mass is 32.2. The van der Waals surface area contributed by atoms with Gasteiger partial charge in [-0.3, -0.25) is 9.59 Å². The number of hydrogen-bond donors (Lipinski definition) is 1. The van der Waals surface area contributed by atoms with E-state index in [1.165, 1.54) is 29.8 Å². The zero-order chi connectivity index (χ0) is 16.5. The van der Waals surface area contributed by atoms with Crippen LogP contribution in [0.2, 0.25) is 0 Å². The van der Waals surface area contributed by atoms with Crippen LogP contribution in [0, 0.1) is 0 Å². The van der Waals surface area contributed by atoms with Crippen molar-refractivity contribution in [2.24, 2.45) is 0 Å². The molecular weight excluding hydrogens is 312 g/mol. The van der Waals surface area contributed by atoms with Crippen molar-refractivity contribution < 1.29 is 14.3 Å². The summed E-state index contributed by atoms with van der Waals surface area (Å²) in [7, 11) is 1.36. The number of carbonyl (C=O) groups excluding carboxylic acids is 2. The quantitative estimate of drug-likeness (QED) is 0.565. The molecule has 0 bridgehead atoms. The van der Waals surface area contributed by atoms with Gasteiger partial charge in [-0.15, -0.1) is 11.8 Å². The summed E-state index contributed by atoms with van der Waals surface area (Å²) in [6.07, 6.45) is 3.39. The summed E-state index contributed by atoms with van der Waals surface area (Å²) in [5.41, 5.74) is 1.22. The van der Waals surface area contributed by atoms with Crippen molar-refractivity contribution in [1.29, 1.82) is 0 Å². The summed E-state index contributed by atoms with van der Waals surface area (Å²) in [5, 5.41) is 4.15. The Morgan fingerprint density at radius 3 is 2.91 bits per heavy atom.